The fourth-order valence-corrected chi connectivity index (χ4v) is 2.73. The maximum absolute atomic E-state index is 9.13. The zero-order valence-corrected chi connectivity index (χ0v) is 11.8. The van der Waals surface area contributed by atoms with Gasteiger partial charge in [0, 0.05) is 47.2 Å². The van der Waals surface area contributed by atoms with Crippen LogP contribution >= 0.6 is 0 Å². The van der Waals surface area contributed by atoms with E-state index in [1.807, 2.05) is 25.3 Å². The third-order valence-electron chi connectivity index (χ3n) is 4.32. The number of nitrogens with zero attached hydrogens (tertiary/aromatic N) is 1. The van der Waals surface area contributed by atoms with Crippen LogP contribution in [0.3, 0.4) is 0 Å². The van der Waals surface area contributed by atoms with Crippen molar-refractivity contribution in [1.29, 1.82) is 0 Å². The topological polar surface area (TPSA) is 71.2 Å². The SMILES string of the molecule is Cc1cc2c(NCC3(CCO)CC3)ccc(N)c2cn1. The summed E-state index contributed by atoms with van der Waals surface area (Å²) in [5.41, 5.74) is 9.16. The first kappa shape index (κ1) is 13.2. The average Bonchev–Trinajstić information content (AvgIpc) is 3.18. The normalized spacial score (nSPS) is 16.3. The van der Waals surface area contributed by atoms with E-state index >= 15 is 0 Å². The van der Waals surface area contributed by atoms with Crippen molar-refractivity contribution in [3.63, 3.8) is 0 Å². The van der Waals surface area contributed by atoms with Crippen molar-refractivity contribution in [2.45, 2.75) is 26.2 Å². The summed E-state index contributed by atoms with van der Waals surface area (Å²) >= 11 is 0. The molecule has 3 rings (SSSR count). The number of hydrogen-bond acceptors (Lipinski definition) is 4. The van der Waals surface area contributed by atoms with Gasteiger partial charge in [-0.25, -0.2) is 0 Å². The molecule has 0 aliphatic heterocycles. The molecular weight excluding hydrogens is 250 g/mol. The highest BCUT2D eigenvalue weighted by atomic mass is 16.3. The first-order valence-electron chi connectivity index (χ1n) is 7.13. The monoisotopic (exact) mass is 271 g/mol. The number of hydrogen-bond donors (Lipinski definition) is 3. The van der Waals surface area contributed by atoms with Crippen LogP contribution in [-0.2, 0) is 0 Å². The lowest BCUT2D eigenvalue weighted by atomic mass is 10.0. The molecule has 0 bridgehead atoms. The highest BCUT2D eigenvalue weighted by molar-refractivity contribution is 6.00. The van der Waals surface area contributed by atoms with E-state index in [0.717, 1.165) is 40.8 Å². The average molecular weight is 271 g/mol. The number of nitrogens with one attached hydrogen (secondary N) is 1. The van der Waals surface area contributed by atoms with E-state index in [4.69, 9.17) is 10.8 Å². The van der Waals surface area contributed by atoms with E-state index in [2.05, 4.69) is 16.4 Å². The lowest BCUT2D eigenvalue weighted by Crippen LogP contribution is -2.17. The number of rotatable bonds is 5. The van der Waals surface area contributed by atoms with Gasteiger partial charge in [-0.05, 0) is 49.8 Å². The predicted molar refractivity (Wildman–Crippen MR) is 82.8 cm³/mol. The molecule has 4 heteroatoms. The fraction of sp³-hybridized carbons (Fsp3) is 0.438. The van der Waals surface area contributed by atoms with Gasteiger partial charge in [-0.3, -0.25) is 4.98 Å². The van der Waals surface area contributed by atoms with Gasteiger partial charge in [0.05, 0.1) is 0 Å². The van der Waals surface area contributed by atoms with Crippen LogP contribution in [0.2, 0.25) is 0 Å². The number of nitrogens with two attached hydrogens (primary N) is 1. The summed E-state index contributed by atoms with van der Waals surface area (Å²) in [4.78, 5) is 4.32. The number of anilines is 2. The Morgan fingerprint density at radius 2 is 2.15 bits per heavy atom. The number of aliphatic hydroxyl groups excluding tert-OH is 1. The zero-order valence-electron chi connectivity index (χ0n) is 11.8. The van der Waals surface area contributed by atoms with Gasteiger partial charge in [-0.2, -0.15) is 0 Å². The van der Waals surface area contributed by atoms with Crippen molar-refractivity contribution >= 4 is 22.1 Å². The number of pyridine rings is 1. The summed E-state index contributed by atoms with van der Waals surface area (Å²) in [5, 5.41) is 14.8. The molecule has 2 aromatic rings. The van der Waals surface area contributed by atoms with Gasteiger partial charge in [-0.1, -0.05) is 0 Å². The van der Waals surface area contributed by atoms with E-state index in [1.54, 1.807) is 0 Å². The molecule has 0 spiro atoms. The summed E-state index contributed by atoms with van der Waals surface area (Å²) in [6, 6.07) is 6.03. The largest absolute Gasteiger partial charge is 0.398 e. The molecular formula is C16H21N3O. The third-order valence-corrected chi connectivity index (χ3v) is 4.32. The van der Waals surface area contributed by atoms with E-state index in [0.29, 0.717) is 5.41 Å². The number of benzene rings is 1. The van der Waals surface area contributed by atoms with E-state index < -0.39 is 0 Å². The molecule has 1 aromatic carbocycles. The fourth-order valence-electron chi connectivity index (χ4n) is 2.73. The first-order chi connectivity index (χ1) is 9.63. The van der Waals surface area contributed by atoms with Crippen LogP contribution in [0.15, 0.2) is 24.4 Å². The van der Waals surface area contributed by atoms with Crippen LogP contribution < -0.4 is 11.1 Å². The molecule has 4 N–H and O–H groups in total. The van der Waals surface area contributed by atoms with E-state index in [1.165, 1.54) is 12.8 Å². The molecule has 1 aromatic heterocycles. The van der Waals surface area contributed by atoms with E-state index in [-0.39, 0.29) is 6.61 Å². The Balaban J connectivity index is 1.88. The number of aromatic nitrogens is 1. The molecule has 1 aliphatic carbocycles. The smallest absolute Gasteiger partial charge is 0.0436 e. The lowest BCUT2D eigenvalue weighted by Gasteiger charge is -2.17. The van der Waals surface area contributed by atoms with Crippen molar-refractivity contribution < 1.29 is 5.11 Å². The van der Waals surface area contributed by atoms with Crippen LogP contribution in [-0.4, -0.2) is 23.2 Å². The van der Waals surface area contributed by atoms with Crippen LogP contribution in [0.1, 0.15) is 25.0 Å². The van der Waals surface area contributed by atoms with Crippen LogP contribution in [0.25, 0.3) is 10.8 Å². The number of aliphatic hydroxyl groups is 1. The van der Waals surface area contributed by atoms with Crippen molar-refractivity contribution in [2.24, 2.45) is 5.41 Å². The van der Waals surface area contributed by atoms with E-state index in [9.17, 15) is 0 Å². The minimum atomic E-state index is 0.271. The maximum Gasteiger partial charge on any atom is 0.0436 e. The maximum atomic E-state index is 9.13. The summed E-state index contributed by atoms with van der Waals surface area (Å²) < 4.78 is 0. The molecule has 106 valence electrons. The third kappa shape index (κ3) is 2.43. The van der Waals surface area contributed by atoms with Gasteiger partial charge in [0.1, 0.15) is 0 Å². The highest BCUT2D eigenvalue weighted by Crippen LogP contribution is 2.48. The molecule has 1 heterocycles. The Bertz CT molecular complexity index is 635. The second-order valence-corrected chi connectivity index (χ2v) is 5.90. The zero-order chi connectivity index (χ0) is 14.2. The summed E-state index contributed by atoms with van der Waals surface area (Å²) in [5.74, 6) is 0. The van der Waals surface area contributed by atoms with Crippen LogP contribution in [0, 0.1) is 12.3 Å². The minimum Gasteiger partial charge on any atom is -0.398 e. The molecule has 0 radical (unpaired) electrons. The molecule has 1 saturated carbocycles. The minimum absolute atomic E-state index is 0.271. The van der Waals surface area contributed by atoms with Crippen molar-refractivity contribution in [2.75, 3.05) is 24.2 Å². The highest BCUT2D eigenvalue weighted by Gasteiger charge is 2.41. The molecule has 4 nitrogen and oxygen atoms in total. The first-order valence-corrected chi connectivity index (χ1v) is 7.13. The number of nitrogen functional groups attached to an aromatic ring is 1. The van der Waals surface area contributed by atoms with Gasteiger partial charge >= 0.3 is 0 Å². The molecule has 1 aliphatic rings. The molecule has 20 heavy (non-hydrogen) atoms. The van der Waals surface area contributed by atoms with Gasteiger partial charge in [0.25, 0.3) is 0 Å². The molecule has 0 amide bonds. The summed E-state index contributed by atoms with van der Waals surface area (Å²) in [6.45, 7) is 3.17. The Morgan fingerprint density at radius 3 is 2.85 bits per heavy atom. The van der Waals surface area contributed by atoms with Crippen LogP contribution in [0.4, 0.5) is 11.4 Å². The molecule has 0 saturated heterocycles. The summed E-state index contributed by atoms with van der Waals surface area (Å²) in [6.07, 6.45) is 5.13. The lowest BCUT2D eigenvalue weighted by molar-refractivity contribution is 0.253. The molecule has 1 fully saturated rings. The van der Waals surface area contributed by atoms with Gasteiger partial charge in [-0.15, -0.1) is 0 Å². The Kier molecular flexibility index (Phi) is 3.26. The van der Waals surface area contributed by atoms with Crippen molar-refractivity contribution in [3.05, 3.63) is 30.1 Å². The number of fused-ring (bicyclic) bond motifs is 1. The van der Waals surface area contributed by atoms with Gasteiger partial charge in [0.2, 0.25) is 0 Å². The number of aryl methyl sites for hydroxylation is 1. The van der Waals surface area contributed by atoms with Gasteiger partial charge < -0.3 is 16.2 Å². The van der Waals surface area contributed by atoms with Crippen molar-refractivity contribution in [3.8, 4) is 0 Å². The summed E-state index contributed by atoms with van der Waals surface area (Å²) in [7, 11) is 0. The Labute approximate surface area is 119 Å². The standard InChI is InChI=1S/C16H21N3O/c1-11-8-12-13(9-18-11)14(17)2-3-15(12)19-10-16(4-5-16)6-7-20/h2-3,8-9,19-20H,4-7,10,17H2,1H3. The molecule has 0 unspecified atom stereocenters. The van der Waals surface area contributed by atoms with Gasteiger partial charge in [0.15, 0.2) is 0 Å². The second-order valence-electron chi connectivity index (χ2n) is 5.90. The van der Waals surface area contributed by atoms with Crippen molar-refractivity contribution in [1.82, 2.24) is 4.98 Å². The molecule has 0 atom stereocenters. The predicted octanol–water partition coefficient (Wildman–Crippen LogP) is 2.70. The Morgan fingerprint density at radius 1 is 1.35 bits per heavy atom. The van der Waals surface area contributed by atoms with Crippen LogP contribution in [0.5, 0.6) is 0 Å². The second kappa shape index (κ2) is 4.94. The Hall–Kier alpha value is -1.81. The quantitative estimate of drug-likeness (QED) is 0.731.